The Bertz CT molecular complexity index is 1100. The van der Waals surface area contributed by atoms with E-state index in [9.17, 15) is 13.2 Å². The second-order valence-electron chi connectivity index (χ2n) is 6.39. The van der Waals surface area contributed by atoms with Gasteiger partial charge in [0.25, 0.3) is 0 Å². The number of carbonyl (C=O) groups is 1. The fourth-order valence-electron chi connectivity index (χ4n) is 2.63. The zero-order valence-corrected chi connectivity index (χ0v) is 17.3. The highest BCUT2D eigenvalue weighted by molar-refractivity contribution is 7.92. The van der Waals surface area contributed by atoms with Gasteiger partial charge in [0.1, 0.15) is 11.6 Å². The van der Waals surface area contributed by atoms with E-state index in [2.05, 4.69) is 15.5 Å². The van der Waals surface area contributed by atoms with Gasteiger partial charge in [-0.2, -0.15) is 0 Å². The molecule has 3 rings (SSSR count). The molecule has 0 radical (unpaired) electrons. The van der Waals surface area contributed by atoms with Crippen LogP contribution >= 0.6 is 11.3 Å². The number of nitrogens with one attached hydrogen (secondary N) is 1. The van der Waals surface area contributed by atoms with Gasteiger partial charge in [-0.1, -0.05) is 53.8 Å². The number of rotatable bonds is 6. The van der Waals surface area contributed by atoms with Crippen LogP contribution in [0.5, 0.6) is 0 Å². The van der Waals surface area contributed by atoms with Crippen molar-refractivity contribution in [2.45, 2.75) is 13.8 Å². The molecular weight excluding hydrogens is 396 g/mol. The standard InChI is InChI=1S/C19H20N4O3S2/c1-13-9-10-14(2)16(11-13)23(28(3,25)26)12-17(24)20-19-22-21-18(27-19)15-7-5-4-6-8-15/h4-11H,12H2,1-3H3,(H,20,22,24). The fourth-order valence-corrected chi connectivity index (χ4v) is 4.30. The summed E-state index contributed by atoms with van der Waals surface area (Å²) < 4.78 is 25.7. The van der Waals surface area contributed by atoms with Crippen molar-refractivity contribution in [3.63, 3.8) is 0 Å². The summed E-state index contributed by atoms with van der Waals surface area (Å²) in [5.74, 6) is -0.484. The Morgan fingerprint density at radius 3 is 2.50 bits per heavy atom. The Kier molecular flexibility index (Phi) is 5.76. The van der Waals surface area contributed by atoms with Gasteiger partial charge >= 0.3 is 0 Å². The van der Waals surface area contributed by atoms with Crippen molar-refractivity contribution in [3.05, 3.63) is 59.7 Å². The van der Waals surface area contributed by atoms with Gasteiger partial charge < -0.3 is 0 Å². The molecule has 3 aromatic rings. The second-order valence-corrected chi connectivity index (χ2v) is 9.27. The second kappa shape index (κ2) is 8.07. The van der Waals surface area contributed by atoms with Gasteiger partial charge in [0.15, 0.2) is 0 Å². The molecule has 1 N–H and O–H groups in total. The molecule has 0 atom stereocenters. The summed E-state index contributed by atoms with van der Waals surface area (Å²) in [6.07, 6.45) is 1.08. The number of aryl methyl sites for hydroxylation is 2. The molecule has 0 aliphatic rings. The lowest BCUT2D eigenvalue weighted by atomic mass is 10.1. The van der Waals surface area contributed by atoms with Crippen LogP contribution in [-0.2, 0) is 14.8 Å². The summed E-state index contributed by atoms with van der Waals surface area (Å²) in [7, 11) is -3.64. The minimum Gasteiger partial charge on any atom is -0.299 e. The van der Waals surface area contributed by atoms with Crippen LogP contribution < -0.4 is 9.62 Å². The van der Waals surface area contributed by atoms with Crippen LogP contribution in [0.15, 0.2) is 48.5 Å². The van der Waals surface area contributed by atoms with E-state index >= 15 is 0 Å². The summed E-state index contributed by atoms with van der Waals surface area (Å²) in [6, 6.07) is 15.0. The van der Waals surface area contributed by atoms with E-state index in [1.807, 2.05) is 56.3 Å². The van der Waals surface area contributed by atoms with Crippen molar-refractivity contribution in [2.75, 3.05) is 22.4 Å². The van der Waals surface area contributed by atoms with E-state index in [1.165, 1.54) is 11.3 Å². The van der Waals surface area contributed by atoms with E-state index in [-0.39, 0.29) is 6.54 Å². The van der Waals surface area contributed by atoms with Crippen molar-refractivity contribution in [2.24, 2.45) is 0 Å². The maximum atomic E-state index is 12.5. The summed E-state index contributed by atoms with van der Waals surface area (Å²) in [4.78, 5) is 12.5. The van der Waals surface area contributed by atoms with E-state index < -0.39 is 15.9 Å². The summed E-state index contributed by atoms with van der Waals surface area (Å²) in [5.41, 5.74) is 3.06. The van der Waals surface area contributed by atoms with Crippen LogP contribution in [0.4, 0.5) is 10.8 Å². The molecule has 1 heterocycles. The number of anilines is 2. The lowest BCUT2D eigenvalue weighted by Gasteiger charge is -2.23. The van der Waals surface area contributed by atoms with Gasteiger partial charge in [-0.15, -0.1) is 10.2 Å². The predicted octanol–water partition coefficient (Wildman–Crippen LogP) is 3.23. The van der Waals surface area contributed by atoms with Gasteiger partial charge in [-0.05, 0) is 31.0 Å². The largest absolute Gasteiger partial charge is 0.299 e. The SMILES string of the molecule is Cc1ccc(C)c(N(CC(=O)Nc2nnc(-c3ccccc3)s2)S(C)(=O)=O)c1. The van der Waals surface area contributed by atoms with Crippen LogP contribution in [0.1, 0.15) is 11.1 Å². The van der Waals surface area contributed by atoms with Crippen molar-refractivity contribution in [1.29, 1.82) is 0 Å². The molecule has 0 spiro atoms. The van der Waals surface area contributed by atoms with E-state index in [0.717, 1.165) is 27.3 Å². The molecule has 7 nitrogen and oxygen atoms in total. The van der Waals surface area contributed by atoms with Crippen molar-refractivity contribution in [1.82, 2.24) is 10.2 Å². The Morgan fingerprint density at radius 2 is 1.82 bits per heavy atom. The lowest BCUT2D eigenvalue weighted by Crippen LogP contribution is -2.37. The number of amides is 1. The van der Waals surface area contributed by atoms with Crippen molar-refractivity contribution in [3.8, 4) is 10.6 Å². The van der Waals surface area contributed by atoms with Crippen LogP contribution in [0.3, 0.4) is 0 Å². The number of hydrogen-bond donors (Lipinski definition) is 1. The maximum absolute atomic E-state index is 12.5. The lowest BCUT2D eigenvalue weighted by molar-refractivity contribution is -0.114. The predicted molar refractivity (Wildman–Crippen MR) is 112 cm³/mol. The van der Waals surface area contributed by atoms with Crippen LogP contribution in [0.2, 0.25) is 0 Å². The van der Waals surface area contributed by atoms with Crippen molar-refractivity contribution >= 4 is 38.1 Å². The highest BCUT2D eigenvalue weighted by Crippen LogP contribution is 2.27. The average molecular weight is 417 g/mol. The van der Waals surface area contributed by atoms with Crippen LogP contribution in [0.25, 0.3) is 10.6 Å². The Labute approximate surface area is 168 Å². The third-order valence-corrected chi connectivity index (χ3v) is 6.03. The molecular formula is C19H20N4O3S2. The van der Waals surface area contributed by atoms with Gasteiger partial charge in [-0.3, -0.25) is 14.4 Å². The topological polar surface area (TPSA) is 92.3 Å². The normalized spacial score (nSPS) is 11.2. The number of benzene rings is 2. The molecule has 1 amide bonds. The zero-order valence-electron chi connectivity index (χ0n) is 15.7. The molecule has 0 unspecified atom stereocenters. The number of aromatic nitrogens is 2. The molecule has 9 heteroatoms. The zero-order chi connectivity index (χ0) is 20.3. The quantitative estimate of drug-likeness (QED) is 0.666. The van der Waals surface area contributed by atoms with Gasteiger partial charge in [0, 0.05) is 5.56 Å². The number of hydrogen-bond acceptors (Lipinski definition) is 6. The number of carbonyl (C=O) groups excluding carboxylic acids is 1. The summed E-state index contributed by atoms with van der Waals surface area (Å²) in [6.45, 7) is 3.33. The molecule has 0 saturated carbocycles. The number of nitrogens with zero attached hydrogens (tertiary/aromatic N) is 3. The highest BCUT2D eigenvalue weighted by Gasteiger charge is 2.23. The maximum Gasteiger partial charge on any atom is 0.246 e. The fraction of sp³-hybridized carbons (Fsp3) is 0.211. The first-order valence-electron chi connectivity index (χ1n) is 8.48. The Morgan fingerprint density at radius 1 is 1.11 bits per heavy atom. The average Bonchev–Trinajstić information content (AvgIpc) is 3.10. The molecule has 146 valence electrons. The molecule has 0 fully saturated rings. The highest BCUT2D eigenvalue weighted by atomic mass is 32.2. The van der Waals surface area contributed by atoms with E-state index in [0.29, 0.717) is 15.8 Å². The van der Waals surface area contributed by atoms with Crippen LogP contribution in [-0.4, -0.2) is 37.3 Å². The molecule has 28 heavy (non-hydrogen) atoms. The Balaban J connectivity index is 1.78. The molecule has 0 bridgehead atoms. The summed E-state index contributed by atoms with van der Waals surface area (Å²) >= 11 is 1.23. The van der Waals surface area contributed by atoms with Gasteiger partial charge in [0.05, 0.1) is 11.9 Å². The van der Waals surface area contributed by atoms with Gasteiger partial charge in [-0.25, -0.2) is 8.42 Å². The van der Waals surface area contributed by atoms with Crippen molar-refractivity contribution < 1.29 is 13.2 Å². The first-order valence-corrected chi connectivity index (χ1v) is 11.1. The third-order valence-electron chi connectivity index (χ3n) is 4.01. The third kappa shape index (κ3) is 4.73. The monoisotopic (exact) mass is 416 g/mol. The molecule has 1 aromatic heterocycles. The molecule has 2 aromatic carbocycles. The molecule has 0 saturated heterocycles. The number of sulfonamides is 1. The Hall–Kier alpha value is -2.78. The summed E-state index contributed by atoms with van der Waals surface area (Å²) in [5, 5.41) is 11.7. The smallest absolute Gasteiger partial charge is 0.246 e. The van der Waals surface area contributed by atoms with Gasteiger partial charge in [0.2, 0.25) is 21.1 Å². The minimum absolute atomic E-state index is 0.318. The van der Waals surface area contributed by atoms with E-state index in [4.69, 9.17) is 0 Å². The molecule has 0 aliphatic heterocycles. The first-order chi connectivity index (χ1) is 13.2. The van der Waals surface area contributed by atoms with Crippen LogP contribution in [0, 0.1) is 13.8 Å². The minimum atomic E-state index is -3.64. The molecule has 0 aliphatic carbocycles. The van der Waals surface area contributed by atoms with E-state index in [1.54, 1.807) is 6.07 Å². The first kappa shape index (κ1) is 20.0.